The second kappa shape index (κ2) is 4.13. The van der Waals surface area contributed by atoms with E-state index in [0.717, 1.165) is 23.5 Å². The molecule has 2 atom stereocenters. The maximum atomic E-state index is 10.1. The molecule has 3 rings (SSSR count). The minimum absolute atomic E-state index is 0.193. The molecule has 1 aliphatic carbocycles. The van der Waals surface area contributed by atoms with E-state index < -0.39 is 0 Å². The highest BCUT2D eigenvalue weighted by Gasteiger charge is 2.41. The van der Waals surface area contributed by atoms with Crippen molar-refractivity contribution in [3.63, 3.8) is 0 Å². The predicted octanol–water partition coefficient (Wildman–Crippen LogP) is 2.72. The minimum Gasteiger partial charge on any atom is -0.391 e. The summed E-state index contributed by atoms with van der Waals surface area (Å²) in [5, 5.41) is 10.1. The Balaban J connectivity index is 1.87. The van der Waals surface area contributed by atoms with E-state index in [-0.39, 0.29) is 12.1 Å². The fraction of sp³-hybridized carbons (Fsp3) is 0.538. The Labute approximate surface area is 104 Å². The lowest BCUT2D eigenvalue weighted by Gasteiger charge is -2.26. The Morgan fingerprint density at radius 1 is 1.12 bits per heavy atom. The Kier molecular flexibility index (Phi) is 2.78. The molecule has 3 heteroatoms. The number of rotatable bonds is 2. The van der Waals surface area contributed by atoms with E-state index in [4.69, 9.17) is 0 Å². The summed E-state index contributed by atoms with van der Waals surface area (Å²) in [7, 11) is 0. The van der Waals surface area contributed by atoms with Crippen LogP contribution in [0.3, 0.4) is 0 Å². The van der Waals surface area contributed by atoms with Gasteiger partial charge in [-0.15, -0.1) is 0 Å². The van der Waals surface area contributed by atoms with Crippen LogP contribution in [-0.4, -0.2) is 28.7 Å². The molecule has 1 N–H and O–H groups in total. The molecule has 16 heavy (non-hydrogen) atoms. The van der Waals surface area contributed by atoms with Crippen molar-refractivity contribution in [2.75, 3.05) is 6.54 Å². The van der Waals surface area contributed by atoms with E-state index >= 15 is 0 Å². The van der Waals surface area contributed by atoms with Crippen molar-refractivity contribution in [3.05, 3.63) is 34.3 Å². The van der Waals surface area contributed by atoms with Crippen LogP contribution in [0.5, 0.6) is 0 Å². The summed E-state index contributed by atoms with van der Waals surface area (Å²) < 4.78 is 1.10. The van der Waals surface area contributed by atoms with Crippen molar-refractivity contribution in [2.45, 2.75) is 37.5 Å². The molecule has 2 aliphatic rings. The maximum Gasteiger partial charge on any atom is 0.0749 e. The molecule has 2 fully saturated rings. The topological polar surface area (TPSA) is 23.5 Å². The van der Waals surface area contributed by atoms with E-state index in [0.29, 0.717) is 0 Å². The first-order valence-electron chi connectivity index (χ1n) is 5.95. The first-order chi connectivity index (χ1) is 7.75. The molecule has 0 spiro atoms. The molecule has 1 aromatic rings. The standard InChI is InChI=1S/C13H16BrNO/c14-10-3-1-9(2-4-10)13-12(16)7-8-15(13)11-5-6-11/h1-4,11-13,16H,5-8H2. The van der Waals surface area contributed by atoms with Crippen LogP contribution in [0.15, 0.2) is 28.7 Å². The minimum atomic E-state index is -0.193. The van der Waals surface area contributed by atoms with Crippen molar-refractivity contribution in [1.29, 1.82) is 0 Å². The zero-order chi connectivity index (χ0) is 11.1. The molecule has 0 aromatic heterocycles. The van der Waals surface area contributed by atoms with Crippen LogP contribution in [-0.2, 0) is 0 Å². The number of hydrogen-bond acceptors (Lipinski definition) is 2. The zero-order valence-electron chi connectivity index (χ0n) is 9.14. The number of aliphatic hydroxyl groups excluding tert-OH is 1. The third kappa shape index (κ3) is 1.92. The molecule has 1 heterocycles. The smallest absolute Gasteiger partial charge is 0.0749 e. The summed E-state index contributed by atoms with van der Waals surface area (Å²) in [6, 6.07) is 9.32. The van der Waals surface area contributed by atoms with Gasteiger partial charge in [0.05, 0.1) is 12.1 Å². The molecule has 1 aromatic carbocycles. The zero-order valence-corrected chi connectivity index (χ0v) is 10.7. The number of hydrogen-bond donors (Lipinski definition) is 1. The van der Waals surface area contributed by atoms with Gasteiger partial charge < -0.3 is 5.11 Å². The van der Waals surface area contributed by atoms with Crippen molar-refractivity contribution in [2.24, 2.45) is 0 Å². The van der Waals surface area contributed by atoms with Gasteiger partial charge in [-0.1, -0.05) is 28.1 Å². The van der Waals surface area contributed by atoms with Crippen molar-refractivity contribution >= 4 is 15.9 Å². The van der Waals surface area contributed by atoms with E-state index in [1.165, 1.54) is 18.4 Å². The number of benzene rings is 1. The number of nitrogens with zero attached hydrogens (tertiary/aromatic N) is 1. The average Bonchev–Trinajstić information content (AvgIpc) is 3.05. The largest absolute Gasteiger partial charge is 0.391 e. The van der Waals surface area contributed by atoms with Gasteiger partial charge in [-0.25, -0.2) is 0 Å². The van der Waals surface area contributed by atoms with Gasteiger partial charge in [0.15, 0.2) is 0 Å². The molecule has 1 aliphatic heterocycles. The molecule has 0 amide bonds. The first-order valence-corrected chi connectivity index (χ1v) is 6.74. The van der Waals surface area contributed by atoms with Gasteiger partial charge in [-0.2, -0.15) is 0 Å². The number of likely N-dealkylation sites (tertiary alicyclic amines) is 1. The predicted molar refractivity (Wildman–Crippen MR) is 67.2 cm³/mol. The lowest BCUT2D eigenvalue weighted by molar-refractivity contribution is 0.112. The Bertz CT molecular complexity index is 374. The summed E-state index contributed by atoms with van der Waals surface area (Å²) >= 11 is 3.45. The lowest BCUT2D eigenvalue weighted by atomic mass is 10.0. The maximum absolute atomic E-state index is 10.1. The van der Waals surface area contributed by atoms with Gasteiger partial charge in [0.25, 0.3) is 0 Å². The summed E-state index contributed by atoms with van der Waals surface area (Å²) in [5.74, 6) is 0. The lowest BCUT2D eigenvalue weighted by Crippen LogP contribution is -2.29. The van der Waals surface area contributed by atoms with Gasteiger partial charge in [-0.3, -0.25) is 4.90 Å². The van der Waals surface area contributed by atoms with Crippen molar-refractivity contribution < 1.29 is 5.11 Å². The molecular weight excluding hydrogens is 266 g/mol. The quantitative estimate of drug-likeness (QED) is 0.901. The van der Waals surface area contributed by atoms with Gasteiger partial charge in [0.2, 0.25) is 0 Å². The normalized spacial score (nSPS) is 30.9. The third-order valence-electron chi connectivity index (χ3n) is 3.63. The van der Waals surface area contributed by atoms with Crippen molar-refractivity contribution in [3.8, 4) is 0 Å². The molecule has 0 bridgehead atoms. The molecule has 2 nitrogen and oxygen atoms in total. The summed E-state index contributed by atoms with van der Waals surface area (Å²) in [5.41, 5.74) is 1.25. The SMILES string of the molecule is OC1CCN(C2CC2)C1c1ccc(Br)cc1. The summed E-state index contributed by atoms with van der Waals surface area (Å²) in [6.07, 6.45) is 3.33. The van der Waals surface area contributed by atoms with Crippen molar-refractivity contribution in [1.82, 2.24) is 4.90 Å². The molecule has 0 radical (unpaired) electrons. The highest BCUT2D eigenvalue weighted by Crippen LogP contribution is 2.41. The first kappa shape index (κ1) is 10.8. The molecule has 2 unspecified atom stereocenters. The van der Waals surface area contributed by atoms with Gasteiger partial charge in [0, 0.05) is 17.1 Å². The van der Waals surface area contributed by atoms with Crippen LogP contribution in [0.25, 0.3) is 0 Å². The summed E-state index contributed by atoms with van der Waals surface area (Å²) in [4.78, 5) is 2.48. The number of aliphatic hydroxyl groups is 1. The van der Waals surface area contributed by atoms with Crippen LogP contribution in [0.1, 0.15) is 30.9 Å². The second-order valence-corrected chi connectivity index (χ2v) is 5.74. The van der Waals surface area contributed by atoms with E-state index in [9.17, 15) is 5.11 Å². The fourth-order valence-corrected chi connectivity index (χ4v) is 2.95. The molecule has 86 valence electrons. The van der Waals surface area contributed by atoms with Gasteiger partial charge in [-0.05, 0) is 37.0 Å². The van der Waals surface area contributed by atoms with E-state index in [1.54, 1.807) is 0 Å². The van der Waals surface area contributed by atoms with Gasteiger partial charge >= 0.3 is 0 Å². The van der Waals surface area contributed by atoms with Crippen LogP contribution < -0.4 is 0 Å². The third-order valence-corrected chi connectivity index (χ3v) is 4.16. The van der Waals surface area contributed by atoms with Crippen LogP contribution >= 0.6 is 15.9 Å². The highest BCUT2D eigenvalue weighted by molar-refractivity contribution is 9.10. The second-order valence-electron chi connectivity index (χ2n) is 4.82. The Morgan fingerprint density at radius 2 is 1.81 bits per heavy atom. The Morgan fingerprint density at radius 3 is 2.44 bits per heavy atom. The summed E-state index contributed by atoms with van der Waals surface area (Å²) in [6.45, 7) is 1.05. The Hall–Kier alpha value is -0.380. The highest BCUT2D eigenvalue weighted by atomic mass is 79.9. The van der Waals surface area contributed by atoms with E-state index in [2.05, 4.69) is 45.1 Å². The fourth-order valence-electron chi connectivity index (χ4n) is 2.69. The number of halogens is 1. The van der Waals surface area contributed by atoms with Crippen LogP contribution in [0, 0.1) is 0 Å². The van der Waals surface area contributed by atoms with Gasteiger partial charge in [0.1, 0.15) is 0 Å². The van der Waals surface area contributed by atoms with Crippen LogP contribution in [0.2, 0.25) is 0 Å². The molecular formula is C13H16BrNO. The monoisotopic (exact) mass is 281 g/mol. The van der Waals surface area contributed by atoms with E-state index in [1.807, 2.05) is 0 Å². The average molecular weight is 282 g/mol. The molecule has 1 saturated carbocycles. The molecule has 1 saturated heterocycles. The van der Waals surface area contributed by atoms with Crippen LogP contribution in [0.4, 0.5) is 0 Å².